The molecule has 1 aromatic heterocycles. The van der Waals surface area contributed by atoms with Gasteiger partial charge < -0.3 is 11.1 Å². The van der Waals surface area contributed by atoms with E-state index >= 15 is 0 Å². The van der Waals surface area contributed by atoms with Gasteiger partial charge in [0.2, 0.25) is 5.28 Å². The van der Waals surface area contributed by atoms with Gasteiger partial charge in [0.25, 0.3) is 0 Å². The zero-order valence-corrected chi connectivity index (χ0v) is 9.61. The minimum atomic E-state index is 0.183. The van der Waals surface area contributed by atoms with Gasteiger partial charge in [-0.15, -0.1) is 18.2 Å². The van der Waals surface area contributed by atoms with Gasteiger partial charge in [-0.3, -0.25) is 0 Å². The summed E-state index contributed by atoms with van der Waals surface area (Å²) in [5.41, 5.74) is 6.13. The fourth-order valence-corrected chi connectivity index (χ4v) is 1.53. The molecule has 0 bridgehead atoms. The molecule has 1 heterocycles. The second-order valence-electron chi connectivity index (χ2n) is 2.63. The summed E-state index contributed by atoms with van der Waals surface area (Å²) in [5.74, 6) is 4.72. The Kier molecular flexibility index (Phi) is 5.08. The maximum atomic E-state index is 5.65. The molecule has 0 amide bonds. The average Bonchev–Trinajstić information content (AvgIpc) is 2.23. The number of rotatable bonds is 5. The van der Waals surface area contributed by atoms with E-state index in [2.05, 4.69) is 21.2 Å². The van der Waals surface area contributed by atoms with Crippen molar-refractivity contribution in [2.45, 2.75) is 0 Å². The van der Waals surface area contributed by atoms with Gasteiger partial charge in [-0.1, -0.05) is 5.92 Å². The van der Waals surface area contributed by atoms with Gasteiger partial charge in [0.1, 0.15) is 0 Å². The van der Waals surface area contributed by atoms with E-state index in [9.17, 15) is 0 Å². The SMILES string of the molecule is C#CCSCCNc1nc(Cl)ncc1N. The Morgan fingerprint density at radius 3 is 3.20 bits per heavy atom. The van der Waals surface area contributed by atoms with E-state index < -0.39 is 0 Å². The highest BCUT2D eigenvalue weighted by atomic mass is 35.5. The number of nitrogens with two attached hydrogens (primary N) is 1. The molecular weight excluding hydrogens is 232 g/mol. The number of nitrogens with one attached hydrogen (secondary N) is 1. The van der Waals surface area contributed by atoms with Crippen LogP contribution < -0.4 is 11.1 Å². The largest absolute Gasteiger partial charge is 0.394 e. The Hall–Kier alpha value is -1.12. The summed E-state index contributed by atoms with van der Waals surface area (Å²) >= 11 is 7.30. The van der Waals surface area contributed by atoms with Crippen LogP contribution in [0, 0.1) is 12.3 Å². The monoisotopic (exact) mass is 242 g/mol. The fourth-order valence-electron chi connectivity index (χ4n) is 0.884. The predicted octanol–water partition coefficient (Wildman–Crippen LogP) is 1.49. The third kappa shape index (κ3) is 4.28. The lowest BCUT2D eigenvalue weighted by Crippen LogP contribution is -2.08. The Labute approximate surface area is 98.0 Å². The van der Waals surface area contributed by atoms with Gasteiger partial charge in [0.15, 0.2) is 5.82 Å². The molecule has 0 aliphatic rings. The second kappa shape index (κ2) is 6.38. The van der Waals surface area contributed by atoms with Crippen molar-refractivity contribution in [3.63, 3.8) is 0 Å². The molecule has 0 saturated heterocycles. The van der Waals surface area contributed by atoms with E-state index in [1.165, 1.54) is 6.20 Å². The van der Waals surface area contributed by atoms with E-state index in [0.29, 0.717) is 17.3 Å². The lowest BCUT2D eigenvalue weighted by molar-refractivity contribution is 1.12. The molecule has 0 atom stereocenters. The number of halogens is 1. The van der Waals surface area contributed by atoms with Crippen molar-refractivity contribution in [2.75, 3.05) is 29.1 Å². The Morgan fingerprint density at radius 1 is 1.67 bits per heavy atom. The number of terminal acetylenes is 1. The molecule has 4 nitrogen and oxygen atoms in total. The summed E-state index contributed by atoms with van der Waals surface area (Å²) in [6, 6.07) is 0. The highest BCUT2D eigenvalue weighted by Gasteiger charge is 2.01. The van der Waals surface area contributed by atoms with Gasteiger partial charge in [-0.05, 0) is 11.6 Å². The van der Waals surface area contributed by atoms with E-state index in [0.717, 1.165) is 12.3 Å². The third-order valence-corrected chi connectivity index (χ3v) is 2.56. The maximum Gasteiger partial charge on any atom is 0.224 e. The summed E-state index contributed by atoms with van der Waals surface area (Å²) < 4.78 is 0. The Balaban J connectivity index is 2.37. The minimum absolute atomic E-state index is 0.183. The first-order valence-corrected chi connectivity index (χ1v) is 5.80. The van der Waals surface area contributed by atoms with E-state index in [1.807, 2.05) is 0 Å². The minimum Gasteiger partial charge on any atom is -0.394 e. The van der Waals surface area contributed by atoms with Gasteiger partial charge in [0.05, 0.1) is 17.6 Å². The Bertz CT molecular complexity index is 364. The number of aromatic nitrogens is 2. The molecule has 1 aromatic rings. The molecule has 15 heavy (non-hydrogen) atoms. The Morgan fingerprint density at radius 2 is 2.47 bits per heavy atom. The van der Waals surface area contributed by atoms with Crippen LogP contribution in [-0.4, -0.2) is 28.0 Å². The van der Waals surface area contributed by atoms with Crippen LogP contribution in [0.3, 0.4) is 0 Å². The molecule has 0 unspecified atom stereocenters. The number of thioether (sulfide) groups is 1. The molecule has 1 rings (SSSR count). The predicted molar refractivity (Wildman–Crippen MR) is 66.1 cm³/mol. The average molecular weight is 243 g/mol. The molecule has 0 aliphatic heterocycles. The topological polar surface area (TPSA) is 63.8 Å². The normalized spacial score (nSPS) is 9.60. The van der Waals surface area contributed by atoms with Gasteiger partial charge in [-0.2, -0.15) is 4.98 Å². The molecule has 0 aromatic carbocycles. The van der Waals surface area contributed by atoms with Crippen LogP contribution in [0.1, 0.15) is 0 Å². The third-order valence-electron chi connectivity index (χ3n) is 1.51. The number of hydrogen-bond donors (Lipinski definition) is 2. The van der Waals surface area contributed by atoms with E-state index in [-0.39, 0.29) is 5.28 Å². The van der Waals surface area contributed by atoms with Crippen molar-refractivity contribution in [1.82, 2.24) is 9.97 Å². The molecule has 0 spiro atoms. The van der Waals surface area contributed by atoms with Crippen LogP contribution in [0.5, 0.6) is 0 Å². The zero-order valence-electron chi connectivity index (χ0n) is 8.03. The summed E-state index contributed by atoms with van der Waals surface area (Å²) in [6.07, 6.45) is 6.59. The number of anilines is 2. The summed E-state index contributed by atoms with van der Waals surface area (Å²) in [4.78, 5) is 7.71. The molecule has 0 radical (unpaired) electrons. The van der Waals surface area contributed by atoms with Crippen molar-refractivity contribution in [1.29, 1.82) is 0 Å². The van der Waals surface area contributed by atoms with Crippen LogP contribution in [0.25, 0.3) is 0 Å². The summed E-state index contributed by atoms with van der Waals surface area (Å²) in [6.45, 7) is 0.740. The second-order valence-corrected chi connectivity index (χ2v) is 4.07. The van der Waals surface area contributed by atoms with E-state index in [1.54, 1.807) is 11.8 Å². The first kappa shape index (κ1) is 12.0. The number of hydrogen-bond acceptors (Lipinski definition) is 5. The molecule has 0 fully saturated rings. The molecular formula is C9H11ClN4S. The molecule has 3 N–H and O–H groups in total. The van der Waals surface area contributed by atoms with Crippen molar-refractivity contribution < 1.29 is 0 Å². The zero-order chi connectivity index (χ0) is 11.1. The fraction of sp³-hybridized carbons (Fsp3) is 0.333. The lowest BCUT2D eigenvalue weighted by atomic mass is 10.5. The van der Waals surface area contributed by atoms with Crippen molar-refractivity contribution >= 4 is 34.9 Å². The standard InChI is InChI=1S/C9H11ClN4S/c1-2-4-15-5-3-12-8-7(11)6-13-9(10)14-8/h1,6H,3-5,11H2,(H,12,13,14). The van der Waals surface area contributed by atoms with Crippen LogP contribution >= 0.6 is 23.4 Å². The molecule has 0 saturated carbocycles. The lowest BCUT2D eigenvalue weighted by Gasteiger charge is -2.06. The first-order chi connectivity index (χ1) is 7.24. The number of nitrogen functional groups attached to an aromatic ring is 1. The number of nitrogens with zero attached hydrogens (tertiary/aromatic N) is 2. The van der Waals surface area contributed by atoms with Crippen LogP contribution in [-0.2, 0) is 0 Å². The van der Waals surface area contributed by atoms with Crippen molar-refractivity contribution in [3.05, 3.63) is 11.5 Å². The molecule has 0 aliphatic carbocycles. The van der Waals surface area contributed by atoms with Gasteiger partial charge >= 0.3 is 0 Å². The first-order valence-electron chi connectivity index (χ1n) is 4.27. The van der Waals surface area contributed by atoms with Crippen molar-refractivity contribution in [3.8, 4) is 12.3 Å². The quantitative estimate of drug-likeness (QED) is 0.465. The van der Waals surface area contributed by atoms with E-state index in [4.69, 9.17) is 23.8 Å². The molecule has 80 valence electrons. The molecule has 6 heteroatoms. The summed E-state index contributed by atoms with van der Waals surface area (Å²) in [5, 5.41) is 3.25. The van der Waals surface area contributed by atoms with Crippen LogP contribution in [0.4, 0.5) is 11.5 Å². The highest BCUT2D eigenvalue weighted by molar-refractivity contribution is 7.99. The highest BCUT2D eigenvalue weighted by Crippen LogP contribution is 2.15. The smallest absolute Gasteiger partial charge is 0.224 e. The van der Waals surface area contributed by atoms with Gasteiger partial charge in [-0.25, -0.2) is 4.98 Å². The van der Waals surface area contributed by atoms with Crippen LogP contribution in [0.2, 0.25) is 5.28 Å². The van der Waals surface area contributed by atoms with Gasteiger partial charge in [0, 0.05) is 12.3 Å². The van der Waals surface area contributed by atoms with Crippen LogP contribution in [0.15, 0.2) is 6.20 Å². The summed E-state index contributed by atoms with van der Waals surface area (Å²) in [7, 11) is 0. The van der Waals surface area contributed by atoms with Crippen molar-refractivity contribution in [2.24, 2.45) is 0 Å². The maximum absolute atomic E-state index is 5.65.